The van der Waals surface area contributed by atoms with Crippen molar-refractivity contribution >= 4 is 11.7 Å². The number of likely N-dealkylation sites (N-methyl/N-ethyl adjacent to an activating group) is 1. The van der Waals surface area contributed by atoms with E-state index in [0.29, 0.717) is 0 Å². The highest BCUT2D eigenvalue weighted by atomic mass is 16.4. The molecule has 1 unspecified atom stereocenters. The number of rotatable bonds is 4. The lowest BCUT2D eigenvalue weighted by Crippen LogP contribution is -2.52. The maximum Gasteiger partial charge on any atom is 0.329 e. The third-order valence-electron chi connectivity index (χ3n) is 3.92. The van der Waals surface area contributed by atoms with E-state index in [1.807, 2.05) is 50.1 Å². The first kappa shape index (κ1) is 12.0. The van der Waals surface area contributed by atoms with Gasteiger partial charge < -0.3 is 10.0 Å². The van der Waals surface area contributed by atoms with Gasteiger partial charge in [-0.1, -0.05) is 17.7 Å². The lowest BCUT2D eigenvalue weighted by molar-refractivity contribution is -0.143. The van der Waals surface area contributed by atoms with Gasteiger partial charge in [0, 0.05) is 12.7 Å². The second-order valence-corrected chi connectivity index (χ2v) is 5.12. The number of anilines is 1. The number of benzene rings is 1. The van der Waals surface area contributed by atoms with Crippen LogP contribution in [0, 0.1) is 12.8 Å². The average molecular weight is 233 g/mol. The van der Waals surface area contributed by atoms with Crippen LogP contribution in [0.5, 0.6) is 0 Å². The number of aryl methyl sites for hydroxylation is 1. The van der Waals surface area contributed by atoms with E-state index in [1.165, 1.54) is 5.56 Å². The molecular formula is C14H19NO2. The summed E-state index contributed by atoms with van der Waals surface area (Å²) < 4.78 is 0. The van der Waals surface area contributed by atoms with Gasteiger partial charge in [-0.25, -0.2) is 4.79 Å². The summed E-state index contributed by atoms with van der Waals surface area (Å²) in [6.07, 6.45) is 2.03. The molecule has 0 bridgehead atoms. The molecule has 1 aliphatic carbocycles. The van der Waals surface area contributed by atoms with Crippen molar-refractivity contribution < 1.29 is 9.90 Å². The number of aliphatic carboxylic acids is 1. The highest BCUT2D eigenvalue weighted by molar-refractivity contribution is 5.84. The monoisotopic (exact) mass is 233 g/mol. The van der Waals surface area contributed by atoms with Crippen molar-refractivity contribution in [3.63, 3.8) is 0 Å². The van der Waals surface area contributed by atoms with Crippen molar-refractivity contribution in [3.05, 3.63) is 29.8 Å². The van der Waals surface area contributed by atoms with Crippen LogP contribution < -0.4 is 4.90 Å². The minimum Gasteiger partial charge on any atom is -0.479 e. The minimum atomic E-state index is -0.782. The minimum absolute atomic E-state index is 0.270. The topological polar surface area (TPSA) is 40.5 Å². The molecule has 1 saturated carbocycles. The van der Waals surface area contributed by atoms with E-state index < -0.39 is 11.5 Å². The summed E-state index contributed by atoms with van der Waals surface area (Å²) in [5.74, 6) is -0.464. The lowest BCUT2D eigenvalue weighted by atomic mass is 9.93. The number of hydrogen-bond donors (Lipinski definition) is 1. The van der Waals surface area contributed by atoms with Gasteiger partial charge in [0.05, 0.1) is 0 Å². The molecule has 3 heteroatoms. The molecule has 1 N–H and O–H groups in total. The Labute approximate surface area is 102 Å². The van der Waals surface area contributed by atoms with Crippen LogP contribution in [-0.4, -0.2) is 23.7 Å². The Morgan fingerprint density at radius 2 is 1.88 bits per heavy atom. The van der Waals surface area contributed by atoms with Crippen LogP contribution in [0.3, 0.4) is 0 Å². The Kier molecular flexibility index (Phi) is 2.86. The molecule has 1 aromatic rings. The van der Waals surface area contributed by atoms with Crippen LogP contribution in [0.1, 0.15) is 25.3 Å². The molecule has 1 aromatic carbocycles. The van der Waals surface area contributed by atoms with Crippen LogP contribution in [0.25, 0.3) is 0 Å². The predicted octanol–water partition coefficient (Wildman–Crippen LogP) is 2.68. The first-order valence-corrected chi connectivity index (χ1v) is 6.00. The molecular weight excluding hydrogens is 214 g/mol. The zero-order valence-electron chi connectivity index (χ0n) is 10.6. The molecule has 2 rings (SSSR count). The van der Waals surface area contributed by atoms with Gasteiger partial charge in [-0.2, -0.15) is 0 Å². The van der Waals surface area contributed by atoms with E-state index in [-0.39, 0.29) is 5.92 Å². The molecule has 0 heterocycles. The fraction of sp³-hybridized carbons (Fsp3) is 0.500. The van der Waals surface area contributed by atoms with Gasteiger partial charge in [0.2, 0.25) is 0 Å². The number of carbonyl (C=O) groups is 1. The van der Waals surface area contributed by atoms with E-state index in [0.717, 1.165) is 18.5 Å². The smallest absolute Gasteiger partial charge is 0.329 e. The predicted molar refractivity (Wildman–Crippen MR) is 68.3 cm³/mol. The second-order valence-electron chi connectivity index (χ2n) is 5.12. The van der Waals surface area contributed by atoms with Gasteiger partial charge in [-0.15, -0.1) is 0 Å². The molecule has 1 aliphatic rings. The van der Waals surface area contributed by atoms with Gasteiger partial charge >= 0.3 is 5.97 Å². The number of hydrogen-bond acceptors (Lipinski definition) is 2. The van der Waals surface area contributed by atoms with Crippen LogP contribution in [0.2, 0.25) is 0 Å². The van der Waals surface area contributed by atoms with Crippen molar-refractivity contribution in [2.45, 2.75) is 32.2 Å². The summed E-state index contributed by atoms with van der Waals surface area (Å²) in [6, 6.07) is 8.00. The largest absolute Gasteiger partial charge is 0.479 e. The molecule has 17 heavy (non-hydrogen) atoms. The third-order valence-corrected chi connectivity index (χ3v) is 3.92. The average Bonchev–Trinajstić information content (AvgIpc) is 3.12. The van der Waals surface area contributed by atoms with Gasteiger partial charge in [-0.05, 0) is 44.7 Å². The number of carboxylic acids is 1. The Balaban J connectivity index is 2.31. The van der Waals surface area contributed by atoms with Crippen LogP contribution in [0.4, 0.5) is 5.69 Å². The molecule has 0 radical (unpaired) electrons. The highest BCUT2D eigenvalue weighted by Gasteiger charge is 2.50. The molecule has 1 atom stereocenters. The van der Waals surface area contributed by atoms with Gasteiger partial charge in [0.25, 0.3) is 0 Å². The SMILES string of the molecule is Cc1ccc(N(C)C(C)(C(=O)O)C2CC2)cc1. The first-order valence-electron chi connectivity index (χ1n) is 6.00. The van der Waals surface area contributed by atoms with Crippen molar-refractivity contribution in [2.24, 2.45) is 5.92 Å². The standard InChI is InChI=1S/C14H19NO2/c1-10-4-8-12(9-5-10)15(3)14(2,13(16)17)11-6-7-11/h4-5,8-9,11H,6-7H2,1-3H3,(H,16,17). The number of nitrogens with zero attached hydrogens (tertiary/aromatic N) is 1. The molecule has 92 valence electrons. The normalized spacial score (nSPS) is 18.5. The maximum atomic E-state index is 11.5. The maximum absolute atomic E-state index is 11.5. The van der Waals surface area contributed by atoms with Crippen LogP contribution >= 0.6 is 0 Å². The Bertz CT molecular complexity index is 422. The summed E-state index contributed by atoms with van der Waals surface area (Å²) in [5.41, 5.74) is 1.37. The fourth-order valence-electron chi connectivity index (χ4n) is 2.27. The van der Waals surface area contributed by atoms with E-state index >= 15 is 0 Å². The molecule has 0 aliphatic heterocycles. The fourth-order valence-corrected chi connectivity index (χ4v) is 2.27. The first-order chi connectivity index (χ1) is 7.96. The van der Waals surface area contributed by atoms with Crippen LogP contribution in [-0.2, 0) is 4.79 Å². The van der Waals surface area contributed by atoms with Crippen LogP contribution in [0.15, 0.2) is 24.3 Å². The summed E-state index contributed by atoms with van der Waals surface area (Å²) in [6.45, 7) is 3.86. The summed E-state index contributed by atoms with van der Waals surface area (Å²) >= 11 is 0. The summed E-state index contributed by atoms with van der Waals surface area (Å²) in [5, 5.41) is 9.49. The van der Waals surface area contributed by atoms with E-state index in [2.05, 4.69) is 0 Å². The van der Waals surface area contributed by atoms with Crippen molar-refractivity contribution in [2.75, 3.05) is 11.9 Å². The zero-order valence-corrected chi connectivity index (χ0v) is 10.6. The van der Waals surface area contributed by atoms with Crippen molar-refractivity contribution in [3.8, 4) is 0 Å². The summed E-state index contributed by atoms with van der Waals surface area (Å²) in [7, 11) is 1.87. The number of carboxylic acid groups (broad SMARTS) is 1. The second kappa shape index (κ2) is 4.06. The Hall–Kier alpha value is -1.51. The quantitative estimate of drug-likeness (QED) is 0.869. The molecule has 0 saturated heterocycles. The zero-order chi connectivity index (χ0) is 12.6. The Morgan fingerprint density at radius 1 is 1.35 bits per heavy atom. The molecule has 0 aromatic heterocycles. The lowest BCUT2D eigenvalue weighted by Gasteiger charge is -2.37. The van der Waals surface area contributed by atoms with E-state index in [1.54, 1.807) is 0 Å². The highest BCUT2D eigenvalue weighted by Crippen LogP contribution is 2.44. The Morgan fingerprint density at radius 3 is 2.29 bits per heavy atom. The van der Waals surface area contributed by atoms with Gasteiger partial charge in [0.1, 0.15) is 5.54 Å². The third kappa shape index (κ3) is 2.02. The summed E-state index contributed by atoms with van der Waals surface area (Å²) in [4.78, 5) is 13.4. The van der Waals surface area contributed by atoms with E-state index in [9.17, 15) is 9.90 Å². The molecule has 0 spiro atoms. The molecule has 1 fully saturated rings. The van der Waals surface area contributed by atoms with Gasteiger partial charge in [-0.3, -0.25) is 0 Å². The van der Waals surface area contributed by atoms with E-state index in [4.69, 9.17) is 0 Å². The van der Waals surface area contributed by atoms with Gasteiger partial charge in [0.15, 0.2) is 0 Å². The van der Waals surface area contributed by atoms with Crippen molar-refractivity contribution in [1.82, 2.24) is 0 Å². The molecule has 3 nitrogen and oxygen atoms in total. The van der Waals surface area contributed by atoms with Crippen molar-refractivity contribution in [1.29, 1.82) is 0 Å². The molecule has 0 amide bonds.